The molecular formula is C27H26ClFN4O4. The highest BCUT2D eigenvalue weighted by Crippen LogP contribution is 2.41. The number of aromatic carboxylic acids is 1. The largest absolute Gasteiger partial charge is 0.494 e. The average Bonchev–Trinajstić information content (AvgIpc) is 3.30. The Bertz CT molecular complexity index is 1440. The van der Waals surface area contributed by atoms with Crippen LogP contribution in [-0.4, -0.2) is 82.5 Å². The SMILES string of the molecule is COc1cc2nc(C3=CC=CC(Cl)[C@@H]3c3ccc(C(=O)N4CCN(C)CC4)cc3C(=O)O)[nH]c2cc1F. The van der Waals surface area contributed by atoms with Crippen molar-refractivity contribution in [3.63, 3.8) is 0 Å². The van der Waals surface area contributed by atoms with Crippen molar-refractivity contribution >= 4 is 40.1 Å². The molecule has 0 spiro atoms. The molecular weight excluding hydrogens is 499 g/mol. The van der Waals surface area contributed by atoms with Crippen molar-refractivity contribution < 1.29 is 23.8 Å². The summed E-state index contributed by atoms with van der Waals surface area (Å²) in [5.41, 5.74) is 2.40. The molecule has 0 saturated carbocycles. The number of nitrogens with zero attached hydrogens (tertiary/aromatic N) is 3. The second-order valence-electron chi connectivity index (χ2n) is 9.22. The Morgan fingerprint density at radius 2 is 1.95 bits per heavy atom. The number of aromatic nitrogens is 2. The van der Waals surface area contributed by atoms with E-state index < -0.39 is 23.1 Å². The summed E-state index contributed by atoms with van der Waals surface area (Å²) in [5, 5.41) is 9.53. The maximum Gasteiger partial charge on any atom is 0.336 e. The third-order valence-corrected chi connectivity index (χ3v) is 7.31. The van der Waals surface area contributed by atoms with Crippen molar-refractivity contribution in [2.24, 2.45) is 0 Å². The third-order valence-electron chi connectivity index (χ3n) is 6.91. The first-order chi connectivity index (χ1) is 17.8. The number of hydrogen-bond donors (Lipinski definition) is 2. The minimum atomic E-state index is -1.16. The maximum atomic E-state index is 14.3. The predicted octanol–water partition coefficient (Wildman–Crippen LogP) is 4.14. The summed E-state index contributed by atoms with van der Waals surface area (Å²) >= 11 is 6.73. The molecule has 1 aliphatic heterocycles. The van der Waals surface area contributed by atoms with Crippen LogP contribution in [0.3, 0.4) is 0 Å². The zero-order valence-electron chi connectivity index (χ0n) is 20.4. The van der Waals surface area contributed by atoms with Crippen LogP contribution in [0.4, 0.5) is 4.39 Å². The first kappa shape index (κ1) is 25.0. The van der Waals surface area contributed by atoms with Crippen molar-refractivity contribution in [2.75, 3.05) is 40.3 Å². The fraction of sp³-hybridized carbons (Fsp3) is 0.296. The van der Waals surface area contributed by atoms with Crippen LogP contribution < -0.4 is 4.74 Å². The van der Waals surface area contributed by atoms with Gasteiger partial charge in [0, 0.05) is 55.4 Å². The van der Waals surface area contributed by atoms with Crippen LogP contribution >= 0.6 is 11.6 Å². The predicted molar refractivity (Wildman–Crippen MR) is 139 cm³/mol. The zero-order valence-corrected chi connectivity index (χ0v) is 21.1. The molecule has 8 nitrogen and oxygen atoms in total. The molecule has 1 aromatic heterocycles. The lowest BCUT2D eigenvalue weighted by atomic mass is 9.81. The number of hydrogen-bond acceptors (Lipinski definition) is 5. The van der Waals surface area contributed by atoms with E-state index in [2.05, 4.69) is 14.9 Å². The fourth-order valence-corrected chi connectivity index (χ4v) is 5.21. The van der Waals surface area contributed by atoms with Crippen LogP contribution in [0.15, 0.2) is 48.6 Å². The number of nitrogens with one attached hydrogen (secondary N) is 1. The number of amides is 1. The number of alkyl halides is 1. The summed E-state index contributed by atoms with van der Waals surface area (Å²) in [5.74, 6) is -1.93. The van der Waals surface area contributed by atoms with Gasteiger partial charge in [-0.2, -0.15) is 0 Å². The Labute approximate surface area is 218 Å². The molecule has 2 atom stereocenters. The van der Waals surface area contributed by atoms with Crippen LogP contribution in [0.1, 0.15) is 38.0 Å². The van der Waals surface area contributed by atoms with E-state index in [0.29, 0.717) is 46.6 Å². The number of imidazole rings is 1. The topological polar surface area (TPSA) is 98.8 Å². The van der Waals surface area contributed by atoms with Crippen molar-refractivity contribution in [1.29, 1.82) is 0 Å². The Kier molecular flexibility index (Phi) is 6.74. The van der Waals surface area contributed by atoms with E-state index in [-0.39, 0.29) is 17.2 Å². The van der Waals surface area contributed by atoms with Gasteiger partial charge < -0.3 is 24.6 Å². The number of carbonyl (C=O) groups excluding carboxylic acids is 1. The van der Waals surface area contributed by atoms with Crippen LogP contribution in [0.2, 0.25) is 0 Å². The Hall–Kier alpha value is -3.69. The maximum absolute atomic E-state index is 14.3. The van der Waals surface area contributed by atoms with Gasteiger partial charge in [-0.15, -0.1) is 11.6 Å². The monoisotopic (exact) mass is 524 g/mol. The van der Waals surface area contributed by atoms with Gasteiger partial charge in [-0.3, -0.25) is 4.79 Å². The highest BCUT2D eigenvalue weighted by Gasteiger charge is 2.32. The second kappa shape index (κ2) is 9.99. The molecule has 2 aliphatic rings. The molecule has 2 heterocycles. The Morgan fingerprint density at radius 3 is 2.65 bits per heavy atom. The molecule has 37 heavy (non-hydrogen) atoms. The summed E-state index contributed by atoms with van der Waals surface area (Å²) in [4.78, 5) is 37.1. The lowest BCUT2D eigenvalue weighted by Gasteiger charge is -2.32. The van der Waals surface area contributed by atoms with Crippen molar-refractivity contribution in [3.8, 4) is 5.75 Å². The lowest BCUT2D eigenvalue weighted by molar-refractivity contribution is 0.0664. The van der Waals surface area contributed by atoms with Crippen LogP contribution in [0, 0.1) is 5.82 Å². The van der Waals surface area contributed by atoms with Gasteiger partial charge in [-0.25, -0.2) is 14.2 Å². The zero-order chi connectivity index (χ0) is 26.3. The van der Waals surface area contributed by atoms with Gasteiger partial charge >= 0.3 is 5.97 Å². The van der Waals surface area contributed by atoms with Gasteiger partial charge in [0.15, 0.2) is 11.6 Å². The van der Waals surface area contributed by atoms with Gasteiger partial charge in [0.25, 0.3) is 5.91 Å². The first-order valence-electron chi connectivity index (χ1n) is 11.9. The van der Waals surface area contributed by atoms with E-state index in [9.17, 15) is 19.1 Å². The molecule has 0 radical (unpaired) electrons. The quantitative estimate of drug-likeness (QED) is 0.487. The van der Waals surface area contributed by atoms with E-state index in [4.69, 9.17) is 16.3 Å². The van der Waals surface area contributed by atoms with Crippen molar-refractivity contribution in [2.45, 2.75) is 11.3 Å². The van der Waals surface area contributed by atoms with Crippen molar-refractivity contribution in [1.82, 2.24) is 19.8 Å². The number of benzene rings is 2. The smallest absolute Gasteiger partial charge is 0.336 e. The number of piperazine rings is 1. The van der Waals surface area contributed by atoms with Gasteiger partial charge in [-0.1, -0.05) is 24.3 Å². The lowest BCUT2D eigenvalue weighted by Crippen LogP contribution is -2.47. The van der Waals surface area contributed by atoms with E-state index in [0.717, 1.165) is 13.1 Å². The minimum Gasteiger partial charge on any atom is -0.494 e. The number of carboxylic acid groups (broad SMARTS) is 1. The number of halogens is 2. The van der Waals surface area contributed by atoms with Crippen LogP contribution in [0.5, 0.6) is 5.75 Å². The molecule has 2 N–H and O–H groups in total. The number of likely N-dealkylation sites (N-methyl/N-ethyl adjacent to an activating group) is 1. The van der Waals surface area contributed by atoms with Gasteiger partial charge in [-0.05, 0) is 24.7 Å². The number of ether oxygens (including phenoxy) is 1. The van der Waals surface area contributed by atoms with E-state index in [1.165, 1.54) is 25.3 Å². The standard InChI is InChI=1S/C27H26ClFN4O4/c1-32-8-10-33(11-9-32)26(34)15-6-7-16(18(12-15)27(35)36)24-17(4-3-5-19(24)28)25-30-21-13-20(29)23(37-2)14-22(21)31-25/h3-7,12-14,19,24H,8-11H2,1-2H3,(H,30,31)(H,35,36)/t19?,24-/m1/s1. The summed E-state index contributed by atoms with van der Waals surface area (Å²) in [6.07, 6.45) is 5.36. The molecule has 5 rings (SSSR count). The number of carboxylic acids is 1. The summed E-state index contributed by atoms with van der Waals surface area (Å²) in [6.45, 7) is 2.70. The minimum absolute atomic E-state index is 0.000604. The number of allylic oxidation sites excluding steroid dienone is 4. The van der Waals surface area contributed by atoms with Crippen molar-refractivity contribution in [3.05, 3.63) is 76.9 Å². The molecule has 1 unspecified atom stereocenters. The van der Waals surface area contributed by atoms with Crippen LogP contribution in [0.25, 0.3) is 16.6 Å². The highest BCUT2D eigenvalue weighted by molar-refractivity contribution is 6.23. The molecule has 10 heteroatoms. The normalized spacial score (nSPS) is 20.2. The molecule has 1 amide bonds. The summed E-state index contributed by atoms with van der Waals surface area (Å²) in [7, 11) is 3.38. The highest BCUT2D eigenvalue weighted by atomic mass is 35.5. The van der Waals surface area contributed by atoms with Gasteiger partial charge in [0.1, 0.15) is 5.82 Å². The summed E-state index contributed by atoms with van der Waals surface area (Å²) in [6, 6.07) is 7.54. The Balaban J connectivity index is 1.53. The van der Waals surface area contributed by atoms with E-state index in [1.54, 1.807) is 29.2 Å². The van der Waals surface area contributed by atoms with E-state index in [1.807, 2.05) is 13.1 Å². The molecule has 3 aromatic rings. The molecule has 1 saturated heterocycles. The number of methoxy groups -OCH3 is 1. The summed E-state index contributed by atoms with van der Waals surface area (Å²) < 4.78 is 19.3. The number of rotatable bonds is 5. The number of fused-ring (bicyclic) bond motifs is 1. The Morgan fingerprint density at radius 1 is 1.19 bits per heavy atom. The molecule has 1 fully saturated rings. The number of aromatic amines is 1. The second-order valence-corrected chi connectivity index (χ2v) is 9.72. The number of carbonyl (C=O) groups is 2. The molecule has 2 aromatic carbocycles. The molecule has 192 valence electrons. The first-order valence-corrected chi connectivity index (χ1v) is 12.3. The molecule has 1 aliphatic carbocycles. The number of H-pyrrole nitrogens is 1. The third kappa shape index (κ3) is 4.72. The average molecular weight is 525 g/mol. The van der Waals surface area contributed by atoms with Gasteiger partial charge in [0.2, 0.25) is 0 Å². The van der Waals surface area contributed by atoms with E-state index >= 15 is 0 Å². The van der Waals surface area contributed by atoms with Gasteiger partial charge in [0.05, 0.1) is 29.1 Å². The van der Waals surface area contributed by atoms with Crippen LogP contribution in [-0.2, 0) is 0 Å². The fourth-order valence-electron chi connectivity index (χ4n) is 4.86. The molecule has 0 bridgehead atoms.